The molecule has 0 spiro atoms. The molecular weight excluding hydrogens is 222 g/mol. The van der Waals surface area contributed by atoms with Gasteiger partial charge < -0.3 is 10.3 Å². The van der Waals surface area contributed by atoms with Gasteiger partial charge in [-0.15, -0.1) is 0 Å². The van der Waals surface area contributed by atoms with Crippen LogP contribution in [0, 0.1) is 0 Å². The highest BCUT2D eigenvalue weighted by atomic mass is 15.0. The molecule has 0 saturated heterocycles. The van der Waals surface area contributed by atoms with Crippen LogP contribution in [0.1, 0.15) is 51.5 Å². The van der Waals surface area contributed by atoms with Gasteiger partial charge in [0.25, 0.3) is 0 Å². The van der Waals surface area contributed by atoms with Crippen LogP contribution < -0.4 is 5.32 Å². The van der Waals surface area contributed by atoms with Crippen LogP contribution in [-0.2, 0) is 5.41 Å². The maximum Gasteiger partial charge on any atom is 0.124 e. The highest BCUT2D eigenvalue weighted by Gasteiger charge is 2.16. The number of H-pyrrole nitrogens is 1. The molecule has 1 heterocycles. The summed E-state index contributed by atoms with van der Waals surface area (Å²) in [7, 11) is 1.97. The molecule has 2 N–H and O–H groups in total. The lowest BCUT2D eigenvalue weighted by atomic mass is 9.87. The summed E-state index contributed by atoms with van der Waals surface area (Å²) in [4.78, 5) is 8.10. The van der Waals surface area contributed by atoms with Gasteiger partial charge >= 0.3 is 0 Å². The second-order valence-electron chi connectivity index (χ2n) is 5.85. The minimum atomic E-state index is 0.173. The molecule has 2 aromatic rings. The second kappa shape index (κ2) is 4.73. The van der Waals surface area contributed by atoms with Gasteiger partial charge in [0, 0.05) is 0 Å². The minimum absolute atomic E-state index is 0.173. The minimum Gasteiger partial charge on any atom is -0.341 e. The number of nitrogens with zero attached hydrogens (tertiary/aromatic N) is 1. The number of fused-ring (bicyclic) bond motifs is 1. The number of hydrogen-bond acceptors (Lipinski definition) is 2. The molecule has 18 heavy (non-hydrogen) atoms. The molecule has 2 rings (SSSR count). The fourth-order valence-electron chi connectivity index (χ4n) is 2.20. The molecule has 1 aromatic carbocycles. The van der Waals surface area contributed by atoms with E-state index >= 15 is 0 Å². The molecule has 0 bridgehead atoms. The van der Waals surface area contributed by atoms with Crippen LogP contribution >= 0.6 is 0 Å². The number of imidazole rings is 1. The third-order valence-electron chi connectivity index (χ3n) is 3.45. The number of benzene rings is 1. The van der Waals surface area contributed by atoms with Crippen molar-refractivity contribution in [1.82, 2.24) is 15.3 Å². The van der Waals surface area contributed by atoms with Crippen molar-refractivity contribution < 1.29 is 0 Å². The molecule has 0 aliphatic rings. The van der Waals surface area contributed by atoms with E-state index in [0.29, 0.717) is 6.04 Å². The first-order chi connectivity index (χ1) is 8.45. The van der Waals surface area contributed by atoms with Gasteiger partial charge in [0.1, 0.15) is 5.82 Å². The molecule has 0 unspecified atom stereocenters. The van der Waals surface area contributed by atoms with Crippen LogP contribution in [0.25, 0.3) is 11.0 Å². The molecular formula is C15H23N3. The average molecular weight is 245 g/mol. The van der Waals surface area contributed by atoms with E-state index in [9.17, 15) is 0 Å². The van der Waals surface area contributed by atoms with Crippen molar-refractivity contribution in [3.05, 3.63) is 29.6 Å². The maximum atomic E-state index is 4.66. The lowest BCUT2D eigenvalue weighted by molar-refractivity contribution is 0.551. The lowest BCUT2D eigenvalue weighted by Gasteiger charge is -2.18. The molecule has 0 aliphatic heterocycles. The van der Waals surface area contributed by atoms with Gasteiger partial charge in [-0.3, -0.25) is 0 Å². The molecule has 0 amide bonds. The SMILES string of the molecule is CC[C@H](NC)c1nc2ccc(C(C)(C)C)cc2[nH]1. The van der Waals surface area contributed by atoms with Gasteiger partial charge in [0.2, 0.25) is 0 Å². The number of rotatable bonds is 3. The Morgan fingerprint density at radius 2 is 2.06 bits per heavy atom. The zero-order valence-electron chi connectivity index (χ0n) is 12.0. The number of hydrogen-bond donors (Lipinski definition) is 2. The first-order valence-electron chi connectivity index (χ1n) is 6.63. The van der Waals surface area contributed by atoms with Crippen molar-refractivity contribution >= 4 is 11.0 Å². The van der Waals surface area contributed by atoms with E-state index in [2.05, 4.69) is 61.2 Å². The van der Waals surface area contributed by atoms with Crippen molar-refractivity contribution in [2.45, 2.75) is 45.6 Å². The first kappa shape index (κ1) is 13.1. The zero-order valence-corrected chi connectivity index (χ0v) is 12.0. The van der Waals surface area contributed by atoms with Gasteiger partial charge in [0.05, 0.1) is 17.1 Å². The molecule has 1 atom stereocenters. The molecule has 0 saturated carbocycles. The fourth-order valence-corrected chi connectivity index (χ4v) is 2.20. The monoisotopic (exact) mass is 245 g/mol. The van der Waals surface area contributed by atoms with E-state index in [-0.39, 0.29) is 5.41 Å². The maximum absolute atomic E-state index is 4.66. The topological polar surface area (TPSA) is 40.7 Å². The summed E-state index contributed by atoms with van der Waals surface area (Å²) in [6.07, 6.45) is 1.03. The van der Waals surface area contributed by atoms with E-state index in [1.807, 2.05) is 7.05 Å². The Kier molecular flexibility index (Phi) is 3.44. The van der Waals surface area contributed by atoms with Crippen molar-refractivity contribution in [2.24, 2.45) is 0 Å². The van der Waals surface area contributed by atoms with Gasteiger partial charge in [-0.1, -0.05) is 33.8 Å². The van der Waals surface area contributed by atoms with Gasteiger partial charge in [-0.2, -0.15) is 0 Å². The summed E-state index contributed by atoms with van der Waals surface area (Å²) in [5, 5.41) is 3.28. The molecule has 0 aliphatic carbocycles. The largest absolute Gasteiger partial charge is 0.341 e. The predicted octanol–water partition coefficient (Wildman–Crippen LogP) is 3.53. The second-order valence-corrected chi connectivity index (χ2v) is 5.85. The Labute approximate surface area is 109 Å². The molecule has 0 fully saturated rings. The molecule has 3 heteroatoms. The first-order valence-corrected chi connectivity index (χ1v) is 6.63. The van der Waals surface area contributed by atoms with E-state index < -0.39 is 0 Å². The summed E-state index contributed by atoms with van der Waals surface area (Å²) in [6, 6.07) is 6.80. The Morgan fingerprint density at radius 3 is 2.61 bits per heavy atom. The van der Waals surface area contributed by atoms with Gasteiger partial charge in [-0.25, -0.2) is 4.98 Å². The summed E-state index contributed by atoms with van der Waals surface area (Å²) in [5.74, 6) is 1.03. The summed E-state index contributed by atoms with van der Waals surface area (Å²) in [5.41, 5.74) is 3.69. The van der Waals surface area contributed by atoms with Crippen LogP contribution in [0.2, 0.25) is 0 Å². The standard InChI is InChI=1S/C15H23N3/c1-6-11(16-5)14-17-12-8-7-10(15(2,3)4)9-13(12)18-14/h7-9,11,16H,6H2,1-5H3,(H,17,18)/t11-/m0/s1. The number of aromatic nitrogens is 2. The van der Waals surface area contributed by atoms with E-state index in [1.165, 1.54) is 5.56 Å². The molecule has 3 nitrogen and oxygen atoms in total. The van der Waals surface area contributed by atoms with Crippen molar-refractivity contribution in [3.8, 4) is 0 Å². The smallest absolute Gasteiger partial charge is 0.124 e. The van der Waals surface area contributed by atoms with E-state index in [1.54, 1.807) is 0 Å². The average Bonchev–Trinajstić information content (AvgIpc) is 2.71. The van der Waals surface area contributed by atoms with Crippen molar-refractivity contribution in [3.63, 3.8) is 0 Å². The zero-order chi connectivity index (χ0) is 13.3. The Hall–Kier alpha value is -1.35. The van der Waals surface area contributed by atoms with E-state index in [0.717, 1.165) is 23.3 Å². The Bertz CT molecular complexity index is 530. The van der Waals surface area contributed by atoms with Crippen LogP contribution in [0.15, 0.2) is 18.2 Å². The Balaban J connectivity index is 2.46. The lowest BCUT2D eigenvalue weighted by Crippen LogP contribution is -2.16. The van der Waals surface area contributed by atoms with Crippen molar-refractivity contribution in [1.29, 1.82) is 0 Å². The highest BCUT2D eigenvalue weighted by molar-refractivity contribution is 5.76. The van der Waals surface area contributed by atoms with Crippen LogP contribution in [0.3, 0.4) is 0 Å². The normalized spacial score (nSPS) is 14.1. The summed E-state index contributed by atoms with van der Waals surface area (Å²) in [6.45, 7) is 8.85. The molecule has 0 radical (unpaired) electrons. The highest BCUT2D eigenvalue weighted by Crippen LogP contribution is 2.26. The summed E-state index contributed by atoms with van der Waals surface area (Å²) < 4.78 is 0. The third kappa shape index (κ3) is 2.41. The van der Waals surface area contributed by atoms with E-state index in [4.69, 9.17) is 0 Å². The van der Waals surface area contributed by atoms with Crippen LogP contribution in [0.4, 0.5) is 0 Å². The predicted molar refractivity (Wildman–Crippen MR) is 76.9 cm³/mol. The molecule has 98 valence electrons. The van der Waals surface area contributed by atoms with Gasteiger partial charge in [0.15, 0.2) is 0 Å². The number of aromatic amines is 1. The third-order valence-corrected chi connectivity index (χ3v) is 3.45. The quantitative estimate of drug-likeness (QED) is 0.868. The van der Waals surface area contributed by atoms with Crippen molar-refractivity contribution in [2.75, 3.05) is 7.05 Å². The fraction of sp³-hybridized carbons (Fsp3) is 0.533. The van der Waals surface area contributed by atoms with Crippen LogP contribution in [-0.4, -0.2) is 17.0 Å². The van der Waals surface area contributed by atoms with Crippen LogP contribution in [0.5, 0.6) is 0 Å². The Morgan fingerprint density at radius 1 is 1.33 bits per heavy atom. The summed E-state index contributed by atoms with van der Waals surface area (Å²) >= 11 is 0. The number of nitrogens with one attached hydrogen (secondary N) is 2. The molecule has 1 aromatic heterocycles. The van der Waals surface area contributed by atoms with Gasteiger partial charge in [-0.05, 0) is 36.6 Å².